The normalized spacial score (nSPS) is 18.3. The number of carboxylic acid groups (broad SMARTS) is 2. The monoisotopic (exact) mass is 728 g/mol. The predicted molar refractivity (Wildman–Crippen MR) is 194 cm³/mol. The van der Waals surface area contributed by atoms with Crippen LogP contribution in [0.1, 0.15) is 74.7 Å². The zero-order chi connectivity index (χ0) is 37.4. The number of carbonyl (C=O) groups is 6. The van der Waals surface area contributed by atoms with Gasteiger partial charge in [-0.1, -0.05) is 79.0 Å². The van der Waals surface area contributed by atoms with Gasteiger partial charge in [-0.3, -0.25) is 28.9 Å². The lowest BCUT2D eigenvalue weighted by Gasteiger charge is -2.32. The number of carboxylic acids is 2. The van der Waals surface area contributed by atoms with Gasteiger partial charge < -0.3 is 25.7 Å². The van der Waals surface area contributed by atoms with Gasteiger partial charge >= 0.3 is 11.9 Å². The lowest BCUT2D eigenvalue weighted by atomic mass is 9.81. The summed E-state index contributed by atoms with van der Waals surface area (Å²) in [4.78, 5) is 79.8. The van der Waals surface area contributed by atoms with Crippen molar-refractivity contribution < 1.29 is 39.0 Å². The van der Waals surface area contributed by atoms with Crippen LogP contribution in [-0.2, 0) is 35.2 Å². The molecule has 3 aromatic carbocycles. The molecule has 1 saturated heterocycles. The van der Waals surface area contributed by atoms with E-state index in [-0.39, 0.29) is 30.4 Å². The third kappa shape index (κ3) is 8.86. The molecule has 1 aliphatic carbocycles. The van der Waals surface area contributed by atoms with Crippen LogP contribution in [0.2, 0.25) is 5.02 Å². The molecule has 0 bridgehead atoms. The number of nitrogens with zero attached hydrogens (tertiary/aromatic N) is 2. The first-order chi connectivity index (χ1) is 24.9. The maximum absolute atomic E-state index is 14.4. The third-order valence-corrected chi connectivity index (χ3v) is 9.88. The molecule has 1 saturated carbocycles. The summed E-state index contributed by atoms with van der Waals surface area (Å²) in [6, 6.07) is 21.4. The number of halogens is 1. The van der Waals surface area contributed by atoms with E-state index in [2.05, 4.69) is 10.6 Å². The SMILES string of the molecule is CC(=O)NCCC1(C(=O)N/C(=C\c2ccc(N3C(=O)C(Cc4ccc(Cl)cc4)N(C(=O)CCC(=O)O)C3c3ccccc3)cc2)C(=O)O)CCCC1. The van der Waals surface area contributed by atoms with Gasteiger partial charge in [-0.05, 0) is 66.3 Å². The van der Waals surface area contributed by atoms with Gasteiger partial charge in [0.25, 0.3) is 5.91 Å². The fourth-order valence-corrected chi connectivity index (χ4v) is 7.13. The molecule has 5 rings (SSSR count). The van der Waals surface area contributed by atoms with Crippen molar-refractivity contribution in [1.82, 2.24) is 15.5 Å². The number of amides is 4. The smallest absolute Gasteiger partial charge is 0.352 e. The third-order valence-electron chi connectivity index (χ3n) is 9.63. The summed E-state index contributed by atoms with van der Waals surface area (Å²) in [5, 5.41) is 25.2. The number of rotatable bonds is 14. The molecular formula is C39H41ClN4O8. The van der Waals surface area contributed by atoms with E-state index in [1.54, 1.807) is 72.8 Å². The number of carbonyl (C=O) groups excluding carboxylic acids is 4. The average molecular weight is 729 g/mol. The summed E-state index contributed by atoms with van der Waals surface area (Å²) in [5.74, 6) is -3.95. The molecule has 2 unspecified atom stereocenters. The minimum Gasteiger partial charge on any atom is -0.481 e. The van der Waals surface area contributed by atoms with E-state index >= 15 is 0 Å². The van der Waals surface area contributed by atoms with Crippen molar-refractivity contribution in [3.05, 3.63) is 106 Å². The Labute approximate surface area is 306 Å². The molecule has 1 heterocycles. The average Bonchev–Trinajstić information content (AvgIpc) is 3.71. The van der Waals surface area contributed by atoms with Gasteiger partial charge in [0.1, 0.15) is 17.9 Å². The van der Waals surface area contributed by atoms with Crippen LogP contribution >= 0.6 is 11.6 Å². The van der Waals surface area contributed by atoms with E-state index in [0.717, 1.165) is 18.4 Å². The van der Waals surface area contributed by atoms with Crippen molar-refractivity contribution in [2.24, 2.45) is 5.41 Å². The Morgan fingerprint density at radius 2 is 1.56 bits per heavy atom. The highest BCUT2D eigenvalue weighted by Crippen LogP contribution is 2.42. The van der Waals surface area contributed by atoms with Gasteiger partial charge in [0.2, 0.25) is 17.7 Å². The minimum atomic E-state index is -1.33. The Bertz CT molecular complexity index is 1840. The fourth-order valence-electron chi connectivity index (χ4n) is 7.00. The number of nitrogens with one attached hydrogen (secondary N) is 2. The Hall–Kier alpha value is -5.49. The highest BCUT2D eigenvalue weighted by molar-refractivity contribution is 6.30. The van der Waals surface area contributed by atoms with Crippen molar-refractivity contribution in [2.45, 2.75) is 70.5 Å². The molecule has 4 amide bonds. The summed E-state index contributed by atoms with van der Waals surface area (Å²) in [6.45, 7) is 1.70. The predicted octanol–water partition coefficient (Wildman–Crippen LogP) is 5.32. The van der Waals surface area contributed by atoms with Crippen LogP contribution in [-0.4, -0.2) is 63.3 Å². The topological polar surface area (TPSA) is 173 Å². The molecule has 3 aromatic rings. The zero-order valence-electron chi connectivity index (χ0n) is 28.7. The standard InChI is InChI=1S/C39H41ClN4O8/c1-25(45)41-22-21-39(19-5-6-20-39)38(52)42-31(37(50)51)23-26-11-15-30(16-12-26)43-35(28-7-3-2-4-8-28)44(33(46)17-18-34(47)48)32(36(43)49)24-27-9-13-29(40)14-10-27/h2-4,7-16,23,32,35H,5-6,17-22,24H2,1H3,(H,41,45)(H,42,52)(H,47,48)(H,50,51)/b31-23-. The summed E-state index contributed by atoms with van der Waals surface area (Å²) < 4.78 is 0. The van der Waals surface area contributed by atoms with E-state index in [9.17, 15) is 39.0 Å². The number of hydrogen-bond acceptors (Lipinski definition) is 6. The first kappa shape index (κ1) is 37.8. The maximum atomic E-state index is 14.4. The van der Waals surface area contributed by atoms with Crippen LogP contribution in [0.3, 0.4) is 0 Å². The summed E-state index contributed by atoms with van der Waals surface area (Å²) in [5.41, 5.74) is 1.15. The first-order valence-electron chi connectivity index (χ1n) is 17.1. The number of hydrogen-bond donors (Lipinski definition) is 4. The Morgan fingerprint density at radius 3 is 2.15 bits per heavy atom. The lowest BCUT2D eigenvalue weighted by molar-refractivity contribution is -0.142. The van der Waals surface area contributed by atoms with Gasteiger partial charge in [-0.15, -0.1) is 0 Å². The van der Waals surface area contributed by atoms with Crippen molar-refractivity contribution in [1.29, 1.82) is 0 Å². The molecule has 0 spiro atoms. The summed E-state index contributed by atoms with van der Waals surface area (Å²) >= 11 is 6.10. The zero-order valence-corrected chi connectivity index (χ0v) is 29.5. The second-order valence-electron chi connectivity index (χ2n) is 13.2. The van der Waals surface area contributed by atoms with Gasteiger partial charge in [-0.25, -0.2) is 4.79 Å². The van der Waals surface area contributed by atoms with E-state index in [1.165, 1.54) is 22.8 Å². The first-order valence-corrected chi connectivity index (χ1v) is 17.5. The molecule has 12 nitrogen and oxygen atoms in total. The van der Waals surface area contributed by atoms with Gasteiger partial charge in [0.05, 0.1) is 11.8 Å². The van der Waals surface area contributed by atoms with Gasteiger partial charge in [0, 0.05) is 37.0 Å². The van der Waals surface area contributed by atoms with E-state index in [4.69, 9.17) is 11.6 Å². The van der Waals surface area contributed by atoms with Crippen molar-refractivity contribution in [3.8, 4) is 0 Å². The second-order valence-corrected chi connectivity index (χ2v) is 13.6. The largest absolute Gasteiger partial charge is 0.481 e. The molecule has 1 aliphatic heterocycles. The molecule has 0 radical (unpaired) electrons. The lowest BCUT2D eigenvalue weighted by Crippen LogP contribution is -2.42. The quantitative estimate of drug-likeness (QED) is 0.162. The van der Waals surface area contributed by atoms with Crippen molar-refractivity contribution >= 4 is 58.9 Å². The van der Waals surface area contributed by atoms with Crippen LogP contribution < -0.4 is 15.5 Å². The molecular weight excluding hydrogens is 688 g/mol. The highest BCUT2D eigenvalue weighted by atomic mass is 35.5. The second kappa shape index (κ2) is 16.7. The van der Waals surface area contributed by atoms with E-state index in [0.29, 0.717) is 47.6 Å². The number of anilines is 1. The molecule has 4 N–H and O–H groups in total. The molecule has 52 heavy (non-hydrogen) atoms. The molecule has 2 aliphatic rings. The summed E-state index contributed by atoms with van der Waals surface area (Å²) in [7, 11) is 0. The number of benzene rings is 3. The minimum absolute atomic E-state index is 0.156. The van der Waals surface area contributed by atoms with Crippen LogP contribution in [0.15, 0.2) is 84.6 Å². The Balaban J connectivity index is 1.46. The van der Waals surface area contributed by atoms with E-state index < -0.39 is 47.8 Å². The van der Waals surface area contributed by atoms with Crippen molar-refractivity contribution in [3.63, 3.8) is 0 Å². The van der Waals surface area contributed by atoms with Crippen molar-refractivity contribution in [2.75, 3.05) is 11.4 Å². The molecule has 13 heteroatoms. The molecule has 2 fully saturated rings. The van der Waals surface area contributed by atoms with Crippen LogP contribution in [0.4, 0.5) is 5.69 Å². The van der Waals surface area contributed by atoms with Crippen LogP contribution in [0, 0.1) is 5.41 Å². The molecule has 2 atom stereocenters. The fraction of sp³-hybridized carbons (Fsp3) is 0.333. The Kier molecular flexibility index (Phi) is 12.1. The van der Waals surface area contributed by atoms with Gasteiger partial charge in [-0.2, -0.15) is 0 Å². The van der Waals surface area contributed by atoms with E-state index in [1.807, 2.05) is 6.07 Å². The Morgan fingerprint density at radius 1 is 0.904 bits per heavy atom. The maximum Gasteiger partial charge on any atom is 0.352 e. The highest BCUT2D eigenvalue weighted by Gasteiger charge is 2.49. The number of aliphatic carboxylic acids is 2. The summed E-state index contributed by atoms with van der Waals surface area (Å²) in [6.07, 6.45) is 3.09. The molecule has 0 aromatic heterocycles. The van der Waals surface area contributed by atoms with Crippen LogP contribution in [0.25, 0.3) is 6.08 Å². The van der Waals surface area contributed by atoms with Gasteiger partial charge in [0.15, 0.2) is 0 Å². The molecule has 272 valence electrons. The van der Waals surface area contributed by atoms with Crippen LogP contribution in [0.5, 0.6) is 0 Å².